The molecule has 2 heteroatoms. The first-order valence-electron chi connectivity index (χ1n) is 7.34. The minimum atomic E-state index is -0.248. The van der Waals surface area contributed by atoms with Gasteiger partial charge < -0.3 is 5.73 Å². The van der Waals surface area contributed by atoms with Crippen LogP contribution in [0.2, 0.25) is 0 Å². The molecule has 2 atom stereocenters. The van der Waals surface area contributed by atoms with E-state index in [0.717, 1.165) is 31.6 Å². The van der Waals surface area contributed by atoms with E-state index in [1.54, 1.807) is 0 Å². The predicted molar refractivity (Wildman–Crippen MR) is 72.6 cm³/mol. The van der Waals surface area contributed by atoms with E-state index >= 15 is 0 Å². The maximum absolute atomic E-state index is 11.6. The molecule has 1 fully saturated rings. The van der Waals surface area contributed by atoms with Crippen LogP contribution in [0.1, 0.15) is 78.1 Å². The Morgan fingerprint density at radius 2 is 1.47 bits per heavy atom. The van der Waals surface area contributed by atoms with E-state index < -0.39 is 0 Å². The van der Waals surface area contributed by atoms with Crippen molar-refractivity contribution in [2.45, 2.75) is 78.1 Å². The number of primary amides is 1. The van der Waals surface area contributed by atoms with Gasteiger partial charge >= 0.3 is 0 Å². The molecule has 0 heterocycles. The lowest BCUT2D eigenvalue weighted by Gasteiger charge is -2.27. The summed E-state index contributed by atoms with van der Waals surface area (Å²) in [7, 11) is 0. The van der Waals surface area contributed by atoms with Crippen LogP contribution in [0.5, 0.6) is 0 Å². The van der Waals surface area contributed by atoms with E-state index in [-0.39, 0.29) is 11.3 Å². The van der Waals surface area contributed by atoms with Gasteiger partial charge in [-0.3, -0.25) is 4.79 Å². The summed E-state index contributed by atoms with van der Waals surface area (Å²) in [6, 6.07) is 0. The maximum atomic E-state index is 11.6. The second-order valence-electron chi connectivity index (χ2n) is 6.23. The maximum Gasteiger partial charge on any atom is 0.223 e. The second-order valence-corrected chi connectivity index (χ2v) is 6.23. The van der Waals surface area contributed by atoms with Gasteiger partial charge in [0.15, 0.2) is 0 Å². The molecule has 0 radical (unpaired) electrons. The topological polar surface area (TPSA) is 43.1 Å². The molecule has 0 aromatic carbocycles. The van der Waals surface area contributed by atoms with Crippen LogP contribution in [-0.4, -0.2) is 5.91 Å². The summed E-state index contributed by atoms with van der Waals surface area (Å²) in [6.45, 7) is 4.42. The normalized spacial score (nSPS) is 33.4. The van der Waals surface area contributed by atoms with Gasteiger partial charge in [0, 0.05) is 5.41 Å². The van der Waals surface area contributed by atoms with Crippen molar-refractivity contribution < 1.29 is 4.79 Å². The zero-order valence-corrected chi connectivity index (χ0v) is 11.6. The molecule has 1 aliphatic carbocycles. The lowest BCUT2D eigenvalue weighted by molar-refractivity contribution is -0.127. The van der Waals surface area contributed by atoms with Crippen LogP contribution in [0.3, 0.4) is 0 Å². The zero-order valence-electron chi connectivity index (χ0n) is 11.6. The van der Waals surface area contributed by atoms with Crippen molar-refractivity contribution in [2.24, 2.45) is 17.1 Å². The standard InChI is InChI=1S/C15H29NO/c1-13-9-5-3-4-7-11-15(2,14(16)17)12-8-6-10-13/h13H,3-12H2,1-2H3,(H2,16,17). The van der Waals surface area contributed by atoms with Crippen LogP contribution in [-0.2, 0) is 4.79 Å². The number of carbonyl (C=O) groups excluding carboxylic acids is 1. The van der Waals surface area contributed by atoms with Gasteiger partial charge in [-0.15, -0.1) is 0 Å². The van der Waals surface area contributed by atoms with Gasteiger partial charge in [-0.2, -0.15) is 0 Å². The zero-order chi connectivity index (χ0) is 12.7. The van der Waals surface area contributed by atoms with Crippen molar-refractivity contribution in [3.05, 3.63) is 0 Å². The number of hydrogen-bond donors (Lipinski definition) is 1. The van der Waals surface area contributed by atoms with E-state index in [1.165, 1.54) is 38.5 Å². The molecule has 0 aliphatic heterocycles. The number of carbonyl (C=O) groups is 1. The van der Waals surface area contributed by atoms with Crippen LogP contribution in [0.25, 0.3) is 0 Å². The minimum Gasteiger partial charge on any atom is -0.369 e. The third kappa shape index (κ3) is 5.10. The van der Waals surface area contributed by atoms with Crippen LogP contribution in [0, 0.1) is 11.3 Å². The fourth-order valence-corrected chi connectivity index (χ4v) is 2.89. The van der Waals surface area contributed by atoms with E-state index in [2.05, 4.69) is 13.8 Å². The monoisotopic (exact) mass is 239 g/mol. The first kappa shape index (κ1) is 14.5. The molecular weight excluding hydrogens is 210 g/mol. The molecule has 1 rings (SSSR count). The average molecular weight is 239 g/mol. The summed E-state index contributed by atoms with van der Waals surface area (Å²) in [4.78, 5) is 11.6. The molecule has 0 saturated heterocycles. The Labute approximate surface area is 106 Å². The molecule has 0 spiro atoms. The molecule has 100 valence electrons. The predicted octanol–water partition coefficient (Wildman–Crippen LogP) is 4.03. The van der Waals surface area contributed by atoms with Crippen LogP contribution < -0.4 is 5.73 Å². The lowest BCUT2D eigenvalue weighted by Crippen LogP contribution is -2.34. The minimum absolute atomic E-state index is 0.0948. The van der Waals surface area contributed by atoms with Crippen molar-refractivity contribution in [1.29, 1.82) is 0 Å². The molecule has 1 saturated carbocycles. The summed E-state index contributed by atoms with van der Waals surface area (Å²) in [5.41, 5.74) is 5.32. The van der Waals surface area contributed by atoms with Crippen molar-refractivity contribution in [1.82, 2.24) is 0 Å². The number of amides is 1. The largest absolute Gasteiger partial charge is 0.369 e. The Morgan fingerprint density at radius 1 is 1.00 bits per heavy atom. The van der Waals surface area contributed by atoms with Gasteiger partial charge in [0.05, 0.1) is 0 Å². The fourth-order valence-electron chi connectivity index (χ4n) is 2.89. The van der Waals surface area contributed by atoms with Crippen LogP contribution in [0.15, 0.2) is 0 Å². The summed E-state index contributed by atoms with van der Waals surface area (Å²) in [6.07, 6.45) is 12.2. The van der Waals surface area contributed by atoms with E-state index in [4.69, 9.17) is 5.73 Å². The van der Waals surface area contributed by atoms with E-state index in [9.17, 15) is 4.79 Å². The summed E-state index contributed by atoms with van der Waals surface area (Å²) in [5.74, 6) is 0.761. The highest BCUT2D eigenvalue weighted by Crippen LogP contribution is 2.32. The summed E-state index contributed by atoms with van der Waals surface area (Å²) >= 11 is 0. The van der Waals surface area contributed by atoms with Crippen LogP contribution in [0.4, 0.5) is 0 Å². The number of rotatable bonds is 1. The van der Waals surface area contributed by atoms with E-state index in [1.807, 2.05) is 0 Å². The van der Waals surface area contributed by atoms with Gasteiger partial charge in [0.1, 0.15) is 0 Å². The molecule has 0 aromatic heterocycles. The van der Waals surface area contributed by atoms with Gasteiger partial charge in [-0.05, 0) is 18.8 Å². The fraction of sp³-hybridized carbons (Fsp3) is 0.933. The first-order valence-corrected chi connectivity index (χ1v) is 7.34. The number of nitrogens with two attached hydrogens (primary N) is 1. The second kappa shape index (κ2) is 7.03. The van der Waals surface area contributed by atoms with E-state index in [0.29, 0.717) is 0 Å². The van der Waals surface area contributed by atoms with Crippen molar-refractivity contribution in [3.8, 4) is 0 Å². The average Bonchev–Trinajstić information content (AvgIpc) is 2.27. The highest BCUT2D eigenvalue weighted by Gasteiger charge is 2.29. The van der Waals surface area contributed by atoms with Crippen LogP contribution >= 0.6 is 0 Å². The molecule has 0 aromatic rings. The van der Waals surface area contributed by atoms with Crippen molar-refractivity contribution in [2.75, 3.05) is 0 Å². The van der Waals surface area contributed by atoms with Gasteiger partial charge in [0.25, 0.3) is 0 Å². The Balaban J connectivity index is 2.50. The number of hydrogen-bond acceptors (Lipinski definition) is 1. The van der Waals surface area contributed by atoms with Gasteiger partial charge in [-0.1, -0.05) is 65.2 Å². The third-order valence-electron chi connectivity index (χ3n) is 4.45. The molecule has 2 unspecified atom stereocenters. The quantitative estimate of drug-likeness (QED) is 0.737. The Morgan fingerprint density at radius 3 is 2.06 bits per heavy atom. The summed E-state index contributed by atoms with van der Waals surface area (Å²) < 4.78 is 0. The first-order chi connectivity index (χ1) is 8.04. The molecule has 2 nitrogen and oxygen atoms in total. The highest BCUT2D eigenvalue weighted by atomic mass is 16.1. The molecule has 1 amide bonds. The third-order valence-corrected chi connectivity index (χ3v) is 4.45. The smallest absolute Gasteiger partial charge is 0.223 e. The highest BCUT2D eigenvalue weighted by molar-refractivity contribution is 5.80. The Kier molecular flexibility index (Phi) is 6.01. The SMILES string of the molecule is CC1CCCCCCC(C)(C(N)=O)CCCC1. The lowest BCUT2D eigenvalue weighted by atomic mass is 9.78. The molecule has 1 aliphatic rings. The van der Waals surface area contributed by atoms with Crippen molar-refractivity contribution >= 4 is 5.91 Å². The molecule has 2 N–H and O–H groups in total. The summed E-state index contributed by atoms with van der Waals surface area (Å²) in [5, 5.41) is 0. The molecular formula is C15H29NO. The Bertz CT molecular complexity index is 239. The molecule has 0 bridgehead atoms. The van der Waals surface area contributed by atoms with Gasteiger partial charge in [0.2, 0.25) is 5.91 Å². The Hall–Kier alpha value is -0.530. The van der Waals surface area contributed by atoms with Gasteiger partial charge in [-0.25, -0.2) is 0 Å². The van der Waals surface area contributed by atoms with Crippen molar-refractivity contribution in [3.63, 3.8) is 0 Å². The molecule has 17 heavy (non-hydrogen) atoms.